The normalized spacial score (nSPS) is 24.7. The van der Waals surface area contributed by atoms with Gasteiger partial charge in [0.05, 0.1) is 7.11 Å². The Morgan fingerprint density at radius 3 is 2.44 bits per heavy atom. The van der Waals surface area contributed by atoms with E-state index in [4.69, 9.17) is 21.4 Å². The number of carbonyl (C=O) groups is 1. The smallest absolute Gasteiger partial charge is 0.320 e. The molecule has 0 aromatic heterocycles. The van der Waals surface area contributed by atoms with Gasteiger partial charge in [0.2, 0.25) is 0 Å². The molecule has 98 valence electrons. The molecule has 0 radical (unpaired) electrons. The van der Waals surface area contributed by atoms with Crippen molar-refractivity contribution in [1.29, 1.82) is 0 Å². The van der Waals surface area contributed by atoms with Crippen LogP contribution in [0.2, 0.25) is 5.02 Å². The van der Waals surface area contributed by atoms with Crippen LogP contribution in [0, 0.1) is 0 Å². The van der Waals surface area contributed by atoms with Crippen molar-refractivity contribution in [3.8, 4) is 11.5 Å². The lowest BCUT2D eigenvalue weighted by Crippen LogP contribution is -2.27. The van der Waals surface area contributed by atoms with Gasteiger partial charge in [-0.25, -0.2) is 8.78 Å². The van der Waals surface area contributed by atoms with Gasteiger partial charge >= 0.3 is 5.97 Å². The van der Waals surface area contributed by atoms with E-state index in [0.29, 0.717) is 0 Å². The summed E-state index contributed by atoms with van der Waals surface area (Å²) in [5.74, 6) is -5.87. The second-order valence-corrected chi connectivity index (χ2v) is 4.53. The molecule has 1 fully saturated rings. The van der Waals surface area contributed by atoms with E-state index in [1.807, 2.05) is 0 Å². The van der Waals surface area contributed by atoms with Gasteiger partial charge in [-0.3, -0.25) is 4.79 Å². The zero-order chi connectivity index (χ0) is 13.7. The summed E-state index contributed by atoms with van der Waals surface area (Å²) in [7, 11) is 1.22. The Morgan fingerprint density at radius 1 is 1.50 bits per heavy atom. The van der Waals surface area contributed by atoms with Crippen molar-refractivity contribution in [2.24, 2.45) is 0 Å². The van der Waals surface area contributed by atoms with Crippen LogP contribution >= 0.6 is 11.6 Å². The van der Waals surface area contributed by atoms with Gasteiger partial charge in [-0.2, -0.15) is 0 Å². The average molecular weight is 279 g/mol. The monoisotopic (exact) mass is 278 g/mol. The second-order valence-electron chi connectivity index (χ2n) is 4.10. The highest BCUT2D eigenvalue weighted by atomic mass is 35.5. The third-order valence-electron chi connectivity index (χ3n) is 3.07. The van der Waals surface area contributed by atoms with Crippen LogP contribution in [0.1, 0.15) is 12.0 Å². The fourth-order valence-electron chi connectivity index (χ4n) is 1.98. The van der Waals surface area contributed by atoms with Gasteiger partial charge in [-0.05, 0) is 6.07 Å². The highest BCUT2D eigenvalue weighted by Gasteiger charge is 2.78. The van der Waals surface area contributed by atoms with Crippen LogP contribution in [0.5, 0.6) is 11.5 Å². The Labute approximate surface area is 106 Å². The number of aliphatic carboxylic acids is 1. The van der Waals surface area contributed by atoms with Crippen molar-refractivity contribution in [3.63, 3.8) is 0 Å². The number of phenols is 1. The minimum Gasteiger partial charge on any atom is -0.504 e. The number of ether oxygens (including phenoxy) is 1. The summed E-state index contributed by atoms with van der Waals surface area (Å²) in [5, 5.41) is 18.8. The van der Waals surface area contributed by atoms with Crippen LogP contribution in [-0.4, -0.2) is 29.2 Å². The van der Waals surface area contributed by atoms with Gasteiger partial charge in [0.1, 0.15) is 0 Å². The molecule has 0 saturated heterocycles. The van der Waals surface area contributed by atoms with Crippen LogP contribution < -0.4 is 4.74 Å². The molecule has 1 aliphatic rings. The molecular formula is C11H9ClF2O4. The fraction of sp³-hybridized carbons (Fsp3) is 0.364. The summed E-state index contributed by atoms with van der Waals surface area (Å²) in [6.07, 6.45) is -0.869. The lowest BCUT2D eigenvalue weighted by molar-refractivity contribution is -0.143. The van der Waals surface area contributed by atoms with Crippen molar-refractivity contribution in [1.82, 2.24) is 0 Å². The summed E-state index contributed by atoms with van der Waals surface area (Å²) in [6, 6.07) is 2.24. The van der Waals surface area contributed by atoms with E-state index in [0.717, 1.165) is 6.07 Å². The SMILES string of the molecule is COc1cc(Cl)cc(C2(C(=O)O)CC2(F)F)c1O. The van der Waals surface area contributed by atoms with Crippen molar-refractivity contribution in [2.75, 3.05) is 7.11 Å². The number of phenolic OH excluding ortho intramolecular Hbond substituents is 1. The number of benzene rings is 1. The van der Waals surface area contributed by atoms with Crippen molar-refractivity contribution < 1.29 is 28.5 Å². The third-order valence-corrected chi connectivity index (χ3v) is 3.29. The number of methoxy groups -OCH3 is 1. The number of rotatable bonds is 3. The Balaban J connectivity index is 2.65. The number of alkyl halides is 2. The summed E-state index contributed by atoms with van der Waals surface area (Å²) in [6.45, 7) is 0. The highest BCUT2D eigenvalue weighted by Crippen LogP contribution is 2.64. The first-order chi connectivity index (χ1) is 8.26. The molecule has 2 rings (SSSR count). The number of carboxylic acids is 1. The minimum absolute atomic E-state index is 0.0166. The summed E-state index contributed by atoms with van der Waals surface area (Å²) in [5.41, 5.74) is -2.85. The Morgan fingerprint density at radius 2 is 2.06 bits per heavy atom. The zero-order valence-electron chi connectivity index (χ0n) is 9.21. The van der Waals surface area contributed by atoms with Gasteiger partial charge < -0.3 is 14.9 Å². The Kier molecular flexibility index (Phi) is 2.66. The maximum atomic E-state index is 13.4. The molecule has 0 bridgehead atoms. The van der Waals surface area contributed by atoms with E-state index >= 15 is 0 Å². The lowest BCUT2D eigenvalue weighted by Gasteiger charge is -2.16. The molecule has 0 aliphatic heterocycles. The molecule has 1 aromatic carbocycles. The molecule has 1 saturated carbocycles. The molecule has 0 spiro atoms. The Hall–Kier alpha value is -1.56. The van der Waals surface area contributed by atoms with Crippen LogP contribution in [0.4, 0.5) is 8.78 Å². The van der Waals surface area contributed by atoms with E-state index in [2.05, 4.69) is 0 Å². The molecule has 18 heavy (non-hydrogen) atoms. The van der Waals surface area contributed by atoms with Crippen molar-refractivity contribution in [2.45, 2.75) is 17.8 Å². The van der Waals surface area contributed by atoms with Crippen LogP contribution in [0.3, 0.4) is 0 Å². The average Bonchev–Trinajstić information content (AvgIpc) is 2.86. The first-order valence-electron chi connectivity index (χ1n) is 4.94. The summed E-state index contributed by atoms with van der Waals surface area (Å²) in [4.78, 5) is 11.1. The predicted octanol–water partition coefficient (Wildman–Crippen LogP) is 2.42. The minimum atomic E-state index is -3.41. The summed E-state index contributed by atoms with van der Waals surface area (Å²) >= 11 is 5.70. The zero-order valence-corrected chi connectivity index (χ0v) is 9.96. The standard InChI is InChI=1S/C11H9ClF2O4/c1-18-7-3-5(12)2-6(8(7)15)10(9(16)17)4-11(10,13)14/h2-3,15H,4H2,1H3,(H,16,17). The Bertz CT molecular complexity index is 532. The van der Waals surface area contributed by atoms with Gasteiger partial charge in [0, 0.05) is 23.1 Å². The van der Waals surface area contributed by atoms with E-state index < -0.39 is 35.0 Å². The van der Waals surface area contributed by atoms with E-state index in [9.17, 15) is 18.7 Å². The molecular weight excluding hydrogens is 270 g/mol. The molecule has 0 amide bonds. The van der Waals surface area contributed by atoms with E-state index in [1.54, 1.807) is 0 Å². The van der Waals surface area contributed by atoms with Crippen LogP contribution in [0.15, 0.2) is 12.1 Å². The molecule has 1 unspecified atom stereocenters. The number of carboxylic acid groups (broad SMARTS) is 1. The number of hydrogen-bond acceptors (Lipinski definition) is 3. The maximum absolute atomic E-state index is 13.4. The van der Waals surface area contributed by atoms with Crippen LogP contribution in [-0.2, 0) is 10.2 Å². The first-order valence-corrected chi connectivity index (χ1v) is 5.32. The molecule has 1 atom stereocenters. The summed E-state index contributed by atoms with van der Waals surface area (Å²) < 4.78 is 31.5. The molecule has 0 heterocycles. The fourth-order valence-corrected chi connectivity index (χ4v) is 2.19. The predicted molar refractivity (Wildman–Crippen MR) is 58.5 cm³/mol. The molecule has 4 nitrogen and oxygen atoms in total. The van der Waals surface area contributed by atoms with Gasteiger partial charge in [0.15, 0.2) is 16.9 Å². The topological polar surface area (TPSA) is 66.8 Å². The third kappa shape index (κ3) is 1.52. The lowest BCUT2D eigenvalue weighted by atomic mass is 9.94. The van der Waals surface area contributed by atoms with Crippen molar-refractivity contribution >= 4 is 17.6 Å². The molecule has 1 aliphatic carbocycles. The quantitative estimate of drug-likeness (QED) is 0.891. The van der Waals surface area contributed by atoms with Gasteiger partial charge in [-0.1, -0.05) is 11.6 Å². The number of hydrogen-bond donors (Lipinski definition) is 2. The van der Waals surface area contributed by atoms with Crippen LogP contribution in [0.25, 0.3) is 0 Å². The molecule has 1 aromatic rings. The van der Waals surface area contributed by atoms with E-state index in [-0.39, 0.29) is 10.8 Å². The number of aromatic hydroxyl groups is 1. The largest absolute Gasteiger partial charge is 0.504 e. The highest BCUT2D eigenvalue weighted by molar-refractivity contribution is 6.31. The molecule has 2 N–H and O–H groups in total. The van der Waals surface area contributed by atoms with Gasteiger partial charge in [0.25, 0.3) is 5.92 Å². The maximum Gasteiger partial charge on any atom is 0.320 e. The first kappa shape index (κ1) is 12.9. The second kappa shape index (κ2) is 3.71. The van der Waals surface area contributed by atoms with Crippen molar-refractivity contribution in [3.05, 3.63) is 22.7 Å². The van der Waals surface area contributed by atoms with Gasteiger partial charge in [-0.15, -0.1) is 0 Å². The van der Waals surface area contributed by atoms with E-state index in [1.165, 1.54) is 13.2 Å². The molecule has 7 heteroatoms. The number of halogens is 3.